The first-order valence-corrected chi connectivity index (χ1v) is 6.93. The number of para-hydroxylation sites is 1. The first kappa shape index (κ1) is 14.3. The van der Waals surface area contributed by atoms with Crippen LogP contribution in [-0.4, -0.2) is 35.9 Å². The van der Waals surface area contributed by atoms with Crippen molar-refractivity contribution < 1.29 is 4.79 Å². The smallest absolute Gasteiger partial charge is 0.272 e. The summed E-state index contributed by atoms with van der Waals surface area (Å²) in [5.74, 6) is -0.0402. The van der Waals surface area contributed by atoms with Crippen LogP contribution in [0.1, 0.15) is 30.8 Å². The van der Waals surface area contributed by atoms with Gasteiger partial charge in [0, 0.05) is 31.2 Å². The van der Waals surface area contributed by atoms with Gasteiger partial charge in [0.1, 0.15) is 5.69 Å². The van der Waals surface area contributed by atoms with Gasteiger partial charge < -0.3 is 10.2 Å². The van der Waals surface area contributed by atoms with E-state index < -0.39 is 0 Å². The van der Waals surface area contributed by atoms with Crippen LogP contribution in [-0.2, 0) is 0 Å². The molecule has 1 amide bonds. The molecule has 1 aromatic carbocycles. The minimum Gasteiger partial charge on any atom is -0.388 e. The van der Waals surface area contributed by atoms with Gasteiger partial charge in [-0.1, -0.05) is 25.1 Å². The van der Waals surface area contributed by atoms with Gasteiger partial charge in [0.2, 0.25) is 0 Å². The minimum absolute atomic E-state index is 0.0402. The summed E-state index contributed by atoms with van der Waals surface area (Å²) in [5.41, 5.74) is 2.24. The lowest BCUT2D eigenvalue weighted by Crippen LogP contribution is -2.35. The van der Waals surface area contributed by atoms with Crippen LogP contribution in [0.3, 0.4) is 0 Å². The predicted octanol–water partition coefficient (Wildman–Crippen LogP) is 3.15. The van der Waals surface area contributed by atoms with Crippen LogP contribution in [0.15, 0.2) is 30.3 Å². The standard InChI is InChI=1S/C16H21N3O/c1-5-11(2)19(4)16(20)15-10-14(17-3)12-8-6-7-9-13(12)18-15/h6-11H,5H2,1-4H3,(H,17,18). The zero-order valence-corrected chi connectivity index (χ0v) is 12.5. The SMILES string of the molecule is CCC(C)N(C)C(=O)c1cc(NC)c2ccccc2n1. The molecule has 2 rings (SSSR count). The zero-order valence-electron chi connectivity index (χ0n) is 12.5. The maximum atomic E-state index is 12.5. The number of nitrogens with zero attached hydrogens (tertiary/aromatic N) is 2. The lowest BCUT2D eigenvalue weighted by molar-refractivity contribution is 0.0735. The summed E-state index contributed by atoms with van der Waals surface area (Å²) in [6.45, 7) is 4.11. The highest BCUT2D eigenvalue weighted by Gasteiger charge is 2.18. The summed E-state index contributed by atoms with van der Waals surface area (Å²) in [6, 6.07) is 9.85. The molecule has 2 aromatic rings. The molecular weight excluding hydrogens is 250 g/mol. The van der Waals surface area contributed by atoms with Gasteiger partial charge in [0.15, 0.2) is 0 Å². The lowest BCUT2D eigenvalue weighted by atomic mass is 10.1. The summed E-state index contributed by atoms with van der Waals surface area (Å²) in [4.78, 5) is 18.7. The number of nitrogens with one attached hydrogen (secondary N) is 1. The van der Waals surface area contributed by atoms with Crippen LogP contribution >= 0.6 is 0 Å². The first-order valence-electron chi connectivity index (χ1n) is 6.93. The fraction of sp³-hybridized carbons (Fsp3) is 0.375. The highest BCUT2D eigenvalue weighted by molar-refractivity contribution is 5.99. The van der Waals surface area contributed by atoms with E-state index in [4.69, 9.17) is 0 Å². The Morgan fingerprint density at radius 3 is 2.75 bits per heavy atom. The topological polar surface area (TPSA) is 45.2 Å². The van der Waals surface area contributed by atoms with Gasteiger partial charge in [0.05, 0.1) is 5.52 Å². The second-order valence-electron chi connectivity index (χ2n) is 5.00. The lowest BCUT2D eigenvalue weighted by Gasteiger charge is -2.23. The second kappa shape index (κ2) is 5.90. The van der Waals surface area contributed by atoms with Crippen LogP contribution in [0.25, 0.3) is 10.9 Å². The molecule has 0 aliphatic carbocycles. The molecule has 20 heavy (non-hydrogen) atoms. The Balaban J connectivity index is 2.47. The number of fused-ring (bicyclic) bond motifs is 1. The first-order chi connectivity index (χ1) is 9.58. The van der Waals surface area contributed by atoms with Gasteiger partial charge in [-0.05, 0) is 25.5 Å². The fourth-order valence-electron chi connectivity index (χ4n) is 2.15. The summed E-state index contributed by atoms with van der Waals surface area (Å²) in [6.07, 6.45) is 0.925. The second-order valence-corrected chi connectivity index (χ2v) is 5.00. The van der Waals surface area contributed by atoms with E-state index in [1.165, 1.54) is 0 Å². The number of pyridine rings is 1. The molecule has 1 N–H and O–H groups in total. The molecule has 0 fully saturated rings. The van der Waals surface area contributed by atoms with Crippen molar-refractivity contribution in [3.05, 3.63) is 36.0 Å². The maximum absolute atomic E-state index is 12.5. The van der Waals surface area contributed by atoms with Crippen molar-refractivity contribution in [3.63, 3.8) is 0 Å². The molecule has 1 aromatic heterocycles. The number of amides is 1. The Morgan fingerprint density at radius 1 is 1.40 bits per heavy atom. The molecule has 106 valence electrons. The molecule has 0 saturated carbocycles. The number of carbonyl (C=O) groups excluding carboxylic acids is 1. The molecule has 0 saturated heterocycles. The van der Waals surface area contributed by atoms with Crippen LogP contribution in [0, 0.1) is 0 Å². The van der Waals surface area contributed by atoms with Gasteiger partial charge in [-0.2, -0.15) is 0 Å². The maximum Gasteiger partial charge on any atom is 0.272 e. The Bertz CT molecular complexity index is 624. The quantitative estimate of drug-likeness (QED) is 0.929. The van der Waals surface area contributed by atoms with Gasteiger partial charge in [-0.3, -0.25) is 4.79 Å². The van der Waals surface area contributed by atoms with Gasteiger partial charge in [-0.25, -0.2) is 4.98 Å². The summed E-state index contributed by atoms with van der Waals surface area (Å²) >= 11 is 0. The van der Waals surface area contributed by atoms with E-state index in [0.29, 0.717) is 5.69 Å². The zero-order chi connectivity index (χ0) is 14.7. The number of rotatable bonds is 4. The largest absolute Gasteiger partial charge is 0.388 e. The summed E-state index contributed by atoms with van der Waals surface area (Å²) in [7, 11) is 3.68. The van der Waals surface area contributed by atoms with Gasteiger partial charge >= 0.3 is 0 Å². The average molecular weight is 271 g/mol. The fourth-order valence-corrected chi connectivity index (χ4v) is 2.15. The third kappa shape index (κ3) is 2.59. The van der Waals surface area contributed by atoms with Gasteiger partial charge in [0.25, 0.3) is 5.91 Å². The van der Waals surface area contributed by atoms with E-state index in [-0.39, 0.29) is 11.9 Å². The molecule has 0 bridgehead atoms. The third-order valence-electron chi connectivity index (χ3n) is 3.78. The van der Waals surface area contributed by atoms with E-state index >= 15 is 0 Å². The predicted molar refractivity (Wildman–Crippen MR) is 83.1 cm³/mol. The number of hydrogen-bond acceptors (Lipinski definition) is 3. The Hall–Kier alpha value is -2.10. The van der Waals surface area contributed by atoms with Crippen LogP contribution in [0.5, 0.6) is 0 Å². The Labute approximate surface area is 119 Å². The van der Waals surface area contributed by atoms with Crippen LogP contribution in [0.4, 0.5) is 5.69 Å². The number of aromatic nitrogens is 1. The highest BCUT2D eigenvalue weighted by Crippen LogP contribution is 2.23. The van der Waals surface area contributed by atoms with Crippen LogP contribution < -0.4 is 5.32 Å². The van der Waals surface area contributed by atoms with Crippen molar-refractivity contribution in [2.45, 2.75) is 26.3 Å². The van der Waals surface area contributed by atoms with E-state index in [1.807, 2.05) is 51.4 Å². The van der Waals surface area contributed by atoms with Crippen molar-refractivity contribution >= 4 is 22.5 Å². The summed E-state index contributed by atoms with van der Waals surface area (Å²) < 4.78 is 0. The Morgan fingerprint density at radius 2 is 2.10 bits per heavy atom. The third-order valence-corrected chi connectivity index (χ3v) is 3.78. The number of benzene rings is 1. The van der Waals surface area contributed by atoms with Crippen LogP contribution in [0.2, 0.25) is 0 Å². The molecule has 4 nitrogen and oxygen atoms in total. The van der Waals surface area contributed by atoms with Gasteiger partial charge in [-0.15, -0.1) is 0 Å². The molecule has 1 heterocycles. The van der Waals surface area contributed by atoms with E-state index in [0.717, 1.165) is 23.0 Å². The molecule has 0 spiro atoms. The molecule has 0 aliphatic heterocycles. The van der Waals surface area contributed by atoms with Crippen molar-refractivity contribution in [1.29, 1.82) is 0 Å². The normalized spacial score (nSPS) is 12.2. The van der Waals surface area contributed by atoms with E-state index in [1.54, 1.807) is 4.90 Å². The number of anilines is 1. The molecule has 1 atom stereocenters. The molecule has 1 unspecified atom stereocenters. The molecule has 0 aliphatic rings. The number of carbonyl (C=O) groups is 1. The monoisotopic (exact) mass is 271 g/mol. The summed E-state index contributed by atoms with van der Waals surface area (Å²) in [5, 5.41) is 4.16. The highest BCUT2D eigenvalue weighted by atomic mass is 16.2. The molecular formula is C16H21N3O. The Kier molecular flexibility index (Phi) is 4.23. The average Bonchev–Trinajstić information content (AvgIpc) is 2.51. The minimum atomic E-state index is -0.0402. The van der Waals surface area contributed by atoms with Crippen molar-refractivity contribution in [2.24, 2.45) is 0 Å². The van der Waals surface area contributed by atoms with Crippen molar-refractivity contribution in [1.82, 2.24) is 9.88 Å². The van der Waals surface area contributed by atoms with Crippen molar-refractivity contribution in [3.8, 4) is 0 Å². The molecule has 4 heteroatoms. The van der Waals surface area contributed by atoms with Crippen molar-refractivity contribution in [2.75, 3.05) is 19.4 Å². The number of hydrogen-bond donors (Lipinski definition) is 1. The van der Waals surface area contributed by atoms with E-state index in [2.05, 4.69) is 17.2 Å². The molecule has 0 radical (unpaired) electrons. The van der Waals surface area contributed by atoms with E-state index in [9.17, 15) is 4.79 Å².